The van der Waals surface area contributed by atoms with Gasteiger partial charge in [-0.3, -0.25) is 0 Å². The van der Waals surface area contributed by atoms with E-state index in [1.165, 1.54) is 10.5 Å². The maximum atomic E-state index is 5.43. The third kappa shape index (κ3) is 2.60. The van der Waals surface area contributed by atoms with Crippen molar-refractivity contribution in [2.24, 2.45) is 0 Å². The highest BCUT2D eigenvalue weighted by Crippen LogP contribution is 2.36. The molecule has 94 valence electrons. The number of nitrogens with one attached hydrogen (secondary N) is 1. The van der Waals surface area contributed by atoms with Crippen molar-refractivity contribution in [2.75, 3.05) is 6.54 Å². The minimum absolute atomic E-state index is 0.624. The van der Waals surface area contributed by atoms with Crippen molar-refractivity contribution in [1.82, 2.24) is 10.3 Å². The van der Waals surface area contributed by atoms with Crippen LogP contribution >= 0.6 is 11.8 Å². The van der Waals surface area contributed by atoms with E-state index in [2.05, 4.69) is 34.6 Å². The monoisotopic (exact) mass is 260 g/mol. The SMILES string of the molecule is Cc1cnc(CNCC2Cc3ccccc3S2)o1. The van der Waals surface area contributed by atoms with Crippen LogP contribution in [-0.2, 0) is 13.0 Å². The molecular formula is C14H16N2OS. The molecule has 3 rings (SSSR count). The van der Waals surface area contributed by atoms with E-state index in [1.807, 2.05) is 18.7 Å². The van der Waals surface area contributed by atoms with Gasteiger partial charge >= 0.3 is 0 Å². The molecule has 1 aromatic heterocycles. The summed E-state index contributed by atoms with van der Waals surface area (Å²) in [5.41, 5.74) is 1.47. The zero-order valence-corrected chi connectivity index (χ0v) is 11.2. The quantitative estimate of drug-likeness (QED) is 0.917. The first-order valence-electron chi connectivity index (χ1n) is 6.18. The van der Waals surface area contributed by atoms with Gasteiger partial charge < -0.3 is 9.73 Å². The largest absolute Gasteiger partial charge is 0.445 e. The molecule has 1 unspecified atom stereocenters. The average Bonchev–Trinajstić information content (AvgIpc) is 2.95. The molecular weight excluding hydrogens is 244 g/mol. The minimum atomic E-state index is 0.624. The van der Waals surface area contributed by atoms with Crippen LogP contribution in [0, 0.1) is 6.92 Å². The van der Waals surface area contributed by atoms with Gasteiger partial charge in [-0.05, 0) is 25.0 Å². The average molecular weight is 260 g/mol. The van der Waals surface area contributed by atoms with Crippen LogP contribution in [0.15, 0.2) is 39.8 Å². The second-order valence-corrected chi connectivity index (χ2v) is 5.89. The Hall–Kier alpha value is -1.26. The third-order valence-electron chi connectivity index (χ3n) is 3.03. The van der Waals surface area contributed by atoms with Gasteiger partial charge in [-0.25, -0.2) is 4.98 Å². The minimum Gasteiger partial charge on any atom is -0.445 e. The lowest BCUT2D eigenvalue weighted by Crippen LogP contribution is -2.24. The molecule has 4 heteroatoms. The van der Waals surface area contributed by atoms with Crippen LogP contribution in [-0.4, -0.2) is 16.8 Å². The lowest BCUT2D eigenvalue weighted by atomic mass is 10.1. The molecule has 0 saturated carbocycles. The molecule has 18 heavy (non-hydrogen) atoms. The number of aromatic nitrogens is 1. The summed E-state index contributed by atoms with van der Waals surface area (Å²) in [4.78, 5) is 5.61. The molecule has 1 N–H and O–H groups in total. The summed E-state index contributed by atoms with van der Waals surface area (Å²) in [5, 5.41) is 4.04. The maximum absolute atomic E-state index is 5.43. The van der Waals surface area contributed by atoms with Crippen LogP contribution in [0.25, 0.3) is 0 Å². The molecule has 0 fully saturated rings. The summed E-state index contributed by atoms with van der Waals surface area (Å²) in [6.07, 6.45) is 2.91. The normalized spacial score (nSPS) is 17.9. The first-order chi connectivity index (χ1) is 8.81. The van der Waals surface area contributed by atoms with Crippen LogP contribution < -0.4 is 5.32 Å². The predicted octanol–water partition coefficient (Wildman–Crippen LogP) is 2.79. The standard InChI is InChI=1S/C14H16N2OS/c1-10-7-16-14(17-10)9-15-8-12-6-11-4-2-3-5-13(11)18-12/h2-5,7,12,15H,6,8-9H2,1H3. The third-order valence-corrected chi connectivity index (χ3v) is 4.35. The fourth-order valence-electron chi connectivity index (χ4n) is 2.19. The van der Waals surface area contributed by atoms with E-state index < -0.39 is 0 Å². The van der Waals surface area contributed by atoms with Crippen LogP contribution in [0.2, 0.25) is 0 Å². The van der Waals surface area contributed by atoms with Crippen molar-refractivity contribution in [3.8, 4) is 0 Å². The summed E-state index contributed by atoms with van der Waals surface area (Å²) in [6.45, 7) is 3.61. The van der Waals surface area contributed by atoms with Gasteiger partial charge in [0, 0.05) is 16.7 Å². The van der Waals surface area contributed by atoms with Crippen molar-refractivity contribution >= 4 is 11.8 Å². The number of oxazole rings is 1. The van der Waals surface area contributed by atoms with E-state index in [0.717, 1.165) is 24.6 Å². The highest BCUT2D eigenvalue weighted by Gasteiger charge is 2.21. The molecule has 2 aromatic rings. The summed E-state index contributed by atoms with van der Waals surface area (Å²) in [5.74, 6) is 1.64. The molecule has 1 aliphatic rings. The number of benzene rings is 1. The van der Waals surface area contributed by atoms with Crippen molar-refractivity contribution in [3.63, 3.8) is 0 Å². The van der Waals surface area contributed by atoms with E-state index in [0.29, 0.717) is 11.8 Å². The first-order valence-corrected chi connectivity index (χ1v) is 7.06. The summed E-state index contributed by atoms with van der Waals surface area (Å²) < 4.78 is 5.43. The van der Waals surface area contributed by atoms with Crippen LogP contribution in [0.1, 0.15) is 17.2 Å². The van der Waals surface area contributed by atoms with Gasteiger partial charge in [-0.15, -0.1) is 11.8 Å². The summed E-state index contributed by atoms with van der Waals surface area (Å²) in [6, 6.07) is 8.65. The van der Waals surface area contributed by atoms with E-state index >= 15 is 0 Å². The Morgan fingerprint density at radius 1 is 1.44 bits per heavy atom. The Morgan fingerprint density at radius 2 is 2.33 bits per heavy atom. The van der Waals surface area contributed by atoms with E-state index in [1.54, 1.807) is 6.20 Å². The first kappa shape index (κ1) is 11.8. The number of hydrogen-bond donors (Lipinski definition) is 1. The molecule has 0 spiro atoms. The smallest absolute Gasteiger partial charge is 0.208 e. The van der Waals surface area contributed by atoms with Crippen LogP contribution in [0.5, 0.6) is 0 Å². The van der Waals surface area contributed by atoms with Crippen molar-refractivity contribution in [2.45, 2.75) is 30.0 Å². The van der Waals surface area contributed by atoms with E-state index in [9.17, 15) is 0 Å². The molecule has 0 radical (unpaired) electrons. The predicted molar refractivity (Wildman–Crippen MR) is 72.7 cm³/mol. The van der Waals surface area contributed by atoms with Gasteiger partial charge in [0.15, 0.2) is 0 Å². The van der Waals surface area contributed by atoms with Crippen LogP contribution in [0.3, 0.4) is 0 Å². The second-order valence-electron chi connectivity index (χ2n) is 4.55. The lowest BCUT2D eigenvalue weighted by molar-refractivity contribution is 0.449. The van der Waals surface area contributed by atoms with E-state index in [4.69, 9.17) is 4.42 Å². The fraction of sp³-hybridized carbons (Fsp3) is 0.357. The number of hydrogen-bond acceptors (Lipinski definition) is 4. The van der Waals surface area contributed by atoms with Gasteiger partial charge in [0.05, 0.1) is 12.7 Å². The highest BCUT2D eigenvalue weighted by atomic mass is 32.2. The Morgan fingerprint density at radius 3 is 3.11 bits per heavy atom. The van der Waals surface area contributed by atoms with Crippen LogP contribution in [0.4, 0.5) is 0 Å². The number of thioether (sulfide) groups is 1. The topological polar surface area (TPSA) is 38.1 Å². The number of nitrogens with zero attached hydrogens (tertiary/aromatic N) is 1. The van der Waals surface area contributed by atoms with Crippen molar-refractivity contribution in [1.29, 1.82) is 0 Å². The Kier molecular flexibility index (Phi) is 3.39. The number of aryl methyl sites for hydroxylation is 1. The Balaban J connectivity index is 1.48. The molecule has 0 bridgehead atoms. The van der Waals surface area contributed by atoms with Crippen molar-refractivity contribution in [3.05, 3.63) is 47.7 Å². The zero-order valence-electron chi connectivity index (χ0n) is 10.3. The summed E-state index contributed by atoms with van der Waals surface area (Å²) in [7, 11) is 0. The van der Waals surface area contributed by atoms with Gasteiger partial charge in [-0.2, -0.15) is 0 Å². The zero-order chi connectivity index (χ0) is 12.4. The summed E-state index contributed by atoms with van der Waals surface area (Å²) >= 11 is 1.96. The Labute approximate surface area is 111 Å². The van der Waals surface area contributed by atoms with Gasteiger partial charge in [0.1, 0.15) is 5.76 Å². The van der Waals surface area contributed by atoms with Crippen molar-refractivity contribution < 1.29 is 4.42 Å². The molecule has 0 amide bonds. The van der Waals surface area contributed by atoms with Gasteiger partial charge in [0.25, 0.3) is 0 Å². The maximum Gasteiger partial charge on any atom is 0.208 e. The molecule has 2 heterocycles. The van der Waals surface area contributed by atoms with E-state index in [-0.39, 0.29) is 0 Å². The van der Waals surface area contributed by atoms with Gasteiger partial charge in [-0.1, -0.05) is 18.2 Å². The molecule has 3 nitrogen and oxygen atoms in total. The second kappa shape index (κ2) is 5.16. The molecule has 1 atom stereocenters. The molecule has 1 aliphatic heterocycles. The molecule has 1 aromatic carbocycles. The fourth-order valence-corrected chi connectivity index (χ4v) is 3.47. The van der Waals surface area contributed by atoms with Gasteiger partial charge in [0.2, 0.25) is 5.89 Å². The molecule has 0 aliphatic carbocycles. The number of fused-ring (bicyclic) bond motifs is 1. The molecule has 0 saturated heterocycles. The number of rotatable bonds is 4. The lowest BCUT2D eigenvalue weighted by Gasteiger charge is -2.08. The Bertz CT molecular complexity index is 513. The highest BCUT2D eigenvalue weighted by molar-refractivity contribution is 8.00.